The van der Waals surface area contributed by atoms with E-state index in [0.29, 0.717) is 6.61 Å². The lowest BCUT2D eigenvalue weighted by Gasteiger charge is -2.04. The van der Waals surface area contributed by atoms with E-state index in [4.69, 9.17) is 10.1 Å². The Balaban J connectivity index is 2.87. The highest BCUT2D eigenvalue weighted by Gasteiger charge is 2.04. The number of rotatable bonds is 2. The number of benzene rings is 1. The Morgan fingerprint density at radius 3 is 2.75 bits per heavy atom. The monoisotopic (exact) mass is 162 g/mol. The Labute approximate surface area is 72.7 Å². The van der Waals surface area contributed by atoms with E-state index in [1.807, 2.05) is 31.2 Å². The quantitative estimate of drug-likeness (QED) is 0.403. The van der Waals surface area contributed by atoms with Gasteiger partial charge in [-0.05, 0) is 18.6 Å². The van der Waals surface area contributed by atoms with Crippen LogP contribution in [-0.4, -0.2) is 12.5 Å². The largest absolute Gasteiger partial charge is 0.436 e. The number of hydrogen-bond acceptors (Lipinski definition) is 2. The molecule has 1 aromatic carbocycles. The van der Waals surface area contributed by atoms with Crippen molar-refractivity contribution in [3.63, 3.8) is 0 Å². The summed E-state index contributed by atoms with van der Waals surface area (Å²) in [5.74, 6) is 0.197. The molecule has 0 fully saturated rings. The summed E-state index contributed by atoms with van der Waals surface area (Å²) in [6.07, 6.45) is 0. The fourth-order valence-electron chi connectivity index (χ4n) is 1.01. The zero-order valence-corrected chi connectivity index (χ0v) is 7.13. The van der Waals surface area contributed by atoms with Crippen LogP contribution in [0.15, 0.2) is 24.3 Å². The van der Waals surface area contributed by atoms with Crippen LogP contribution in [0.2, 0.25) is 0 Å². The first-order valence-corrected chi connectivity index (χ1v) is 3.82. The molecule has 1 rings (SSSR count). The van der Waals surface area contributed by atoms with Gasteiger partial charge >= 0.3 is 0 Å². The second-order valence-corrected chi connectivity index (χ2v) is 2.49. The van der Waals surface area contributed by atoms with E-state index in [1.54, 1.807) is 0 Å². The molecule has 1 aromatic rings. The summed E-state index contributed by atoms with van der Waals surface area (Å²) in [4.78, 5) is 0. The van der Waals surface area contributed by atoms with Gasteiger partial charge in [-0.25, -0.2) is 0 Å². The molecule has 0 spiro atoms. The molecule has 0 aliphatic rings. The molecular weight excluding hydrogens is 150 g/mol. The molecule has 0 atom stereocenters. The average molecular weight is 162 g/mol. The van der Waals surface area contributed by atoms with Crippen molar-refractivity contribution in [2.75, 3.05) is 6.61 Å². The van der Waals surface area contributed by atoms with Crippen molar-refractivity contribution in [1.82, 2.24) is 0 Å². The summed E-state index contributed by atoms with van der Waals surface area (Å²) in [6, 6.07) is 7.66. The third kappa shape index (κ3) is 1.78. The van der Waals surface area contributed by atoms with E-state index in [1.165, 1.54) is 0 Å². The maximum Gasteiger partial charge on any atom is 0.225 e. The van der Waals surface area contributed by atoms with Gasteiger partial charge in [-0.15, -0.1) is 0 Å². The van der Waals surface area contributed by atoms with Crippen LogP contribution in [0.25, 0.3) is 0 Å². The Morgan fingerprint density at radius 1 is 1.50 bits per heavy atom. The summed E-state index contributed by atoms with van der Waals surface area (Å²) in [5, 5.41) is 7.51. The van der Waals surface area contributed by atoms with Gasteiger partial charge in [0.15, 0.2) is 0 Å². The number of hydrogen-bond donors (Lipinski definition) is 1. The summed E-state index contributed by atoms with van der Waals surface area (Å²) >= 11 is 0. The molecule has 0 amide bonds. The van der Waals surface area contributed by atoms with Gasteiger partial charge in [-0.3, -0.25) is 5.41 Å². The second kappa shape index (κ2) is 3.81. The van der Waals surface area contributed by atoms with Crippen LogP contribution in [-0.2, 0) is 4.74 Å². The lowest BCUT2D eigenvalue weighted by Crippen LogP contribution is -2.06. The number of ether oxygens (including phenoxy) is 1. The molecule has 0 aliphatic carbocycles. The molecule has 1 N–H and O–H groups in total. The predicted molar refractivity (Wildman–Crippen MR) is 49.3 cm³/mol. The minimum atomic E-state index is 0.197. The molecule has 62 valence electrons. The summed E-state index contributed by atoms with van der Waals surface area (Å²) in [6.45, 7) is 5.77. The SMILES string of the molecule is [CH2+]COC(=N)c1ccccc1C. The topological polar surface area (TPSA) is 33.1 Å². The number of nitrogens with one attached hydrogen (secondary N) is 1. The van der Waals surface area contributed by atoms with Gasteiger partial charge in [0.05, 0.1) is 0 Å². The van der Waals surface area contributed by atoms with Gasteiger partial charge in [0.1, 0.15) is 6.92 Å². The van der Waals surface area contributed by atoms with Gasteiger partial charge in [-0.1, -0.05) is 18.2 Å². The van der Waals surface area contributed by atoms with Crippen molar-refractivity contribution >= 4 is 5.90 Å². The molecule has 0 heterocycles. The van der Waals surface area contributed by atoms with Crippen molar-refractivity contribution in [2.45, 2.75) is 6.92 Å². The van der Waals surface area contributed by atoms with Gasteiger partial charge in [-0.2, -0.15) is 0 Å². The van der Waals surface area contributed by atoms with Crippen LogP contribution in [0.5, 0.6) is 0 Å². The zero-order chi connectivity index (χ0) is 8.97. The van der Waals surface area contributed by atoms with E-state index in [0.717, 1.165) is 11.1 Å². The fraction of sp³-hybridized carbons (Fsp3) is 0.200. The summed E-state index contributed by atoms with van der Waals surface area (Å²) < 4.78 is 4.98. The van der Waals surface area contributed by atoms with Crippen LogP contribution < -0.4 is 0 Å². The van der Waals surface area contributed by atoms with E-state index in [2.05, 4.69) is 6.92 Å². The number of aryl methyl sites for hydroxylation is 1. The van der Waals surface area contributed by atoms with Crippen LogP contribution >= 0.6 is 0 Å². The third-order valence-electron chi connectivity index (χ3n) is 1.64. The van der Waals surface area contributed by atoms with E-state index < -0.39 is 0 Å². The summed E-state index contributed by atoms with van der Waals surface area (Å²) in [5.41, 5.74) is 1.89. The molecule has 0 unspecified atom stereocenters. The molecule has 0 aromatic heterocycles. The first-order chi connectivity index (χ1) is 5.75. The highest BCUT2D eigenvalue weighted by Crippen LogP contribution is 2.07. The van der Waals surface area contributed by atoms with Crippen molar-refractivity contribution in [3.8, 4) is 0 Å². The van der Waals surface area contributed by atoms with Crippen molar-refractivity contribution in [3.05, 3.63) is 42.3 Å². The average Bonchev–Trinajstić information content (AvgIpc) is 2.05. The zero-order valence-electron chi connectivity index (χ0n) is 7.13. The Morgan fingerprint density at radius 2 is 2.17 bits per heavy atom. The van der Waals surface area contributed by atoms with E-state index in [9.17, 15) is 0 Å². The fourth-order valence-corrected chi connectivity index (χ4v) is 1.01. The van der Waals surface area contributed by atoms with Crippen LogP contribution in [0, 0.1) is 19.3 Å². The second-order valence-electron chi connectivity index (χ2n) is 2.49. The van der Waals surface area contributed by atoms with Gasteiger partial charge < -0.3 is 4.74 Å². The Hall–Kier alpha value is -1.44. The first-order valence-electron chi connectivity index (χ1n) is 3.82. The van der Waals surface area contributed by atoms with Crippen LogP contribution in [0.4, 0.5) is 0 Å². The Bertz CT molecular complexity index is 281. The normalized spacial score (nSPS) is 9.42. The minimum absolute atomic E-state index is 0.197. The molecule has 0 bridgehead atoms. The molecule has 0 saturated carbocycles. The van der Waals surface area contributed by atoms with Gasteiger partial charge in [0.2, 0.25) is 12.5 Å². The van der Waals surface area contributed by atoms with Crippen LogP contribution in [0.1, 0.15) is 11.1 Å². The Kier molecular flexibility index (Phi) is 2.75. The molecule has 12 heavy (non-hydrogen) atoms. The highest BCUT2D eigenvalue weighted by atomic mass is 16.5. The lowest BCUT2D eigenvalue weighted by molar-refractivity contribution is 0.346. The maximum atomic E-state index is 7.51. The highest BCUT2D eigenvalue weighted by molar-refractivity contribution is 5.93. The predicted octanol–water partition coefficient (Wildman–Crippen LogP) is 2.17. The van der Waals surface area contributed by atoms with E-state index >= 15 is 0 Å². The molecule has 0 saturated heterocycles. The smallest absolute Gasteiger partial charge is 0.225 e. The lowest BCUT2D eigenvalue weighted by atomic mass is 10.1. The van der Waals surface area contributed by atoms with E-state index in [-0.39, 0.29) is 5.90 Å². The van der Waals surface area contributed by atoms with Gasteiger partial charge in [0, 0.05) is 5.56 Å². The van der Waals surface area contributed by atoms with Crippen molar-refractivity contribution < 1.29 is 4.74 Å². The third-order valence-corrected chi connectivity index (χ3v) is 1.64. The summed E-state index contributed by atoms with van der Waals surface area (Å²) in [7, 11) is 0. The van der Waals surface area contributed by atoms with Crippen molar-refractivity contribution in [1.29, 1.82) is 5.41 Å². The molecule has 2 heteroatoms. The first kappa shape index (κ1) is 8.65. The molecular formula is C10H12NO+. The maximum absolute atomic E-state index is 7.51. The minimum Gasteiger partial charge on any atom is -0.436 e. The standard InChI is InChI=1S/C10H12NO/c1-3-12-10(11)9-7-5-4-6-8(9)2/h4-7,11H,1,3H2,2H3/q+1. The molecule has 0 radical (unpaired) electrons. The van der Waals surface area contributed by atoms with Crippen molar-refractivity contribution in [2.24, 2.45) is 0 Å². The van der Waals surface area contributed by atoms with Gasteiger partial charge in [0.25, 0.3) is 0 Å². The van der Waals surface area contributed by atoms with Crippen LogP contribution in [0.3, 0.4) is 0 Å². The molecule has 2 nitrogen and oxygen atoms in total. The molecule has 0 aliphatic heterocycles.